The van der Waals surface area contributed by atoms with Crippen LogP contribution in [0.5, 0.6) is 11.5 Å². The van der Waals surface area contributed by atoms with Crippen LogP contribution < -0.4 is 20.3 Å². The number of nitrogens with one attached hydrogen (secondary N) is 1. The average Bonchev–Trinajstić information content (AvgIpc) is 2.89. The number of fused-ring (bicyclic) bond motifs is 1. The maximum absolute atomic E-state index is 13.5. The van der Waals surface area contributed by atoms with Crippen LogP contribution in [-0.2, 0) is 6.61 Å². The summed E-state index contributed by atoms with van der Waals surface area (Å²) in [4.78, 5) is 22.5. The highest BCUT2D eigenvalue weighted by Gasteiger charge is 2.18. The van der Waals surface area contributed by atoms with Gasteiger partial charge in [-0.15, -0.1) is 0 Å². The smallest absolute Gasteiger partial charge is 0.261 e. The number of nitrogens with zero attached hydrogens (tertiary/aromatic N) is 2. The fraction of sp³-hybridized carbons (Fsp3) is 0.250. The summed E-state index contributed by atoms with van der Waals surface area (Å²) in [7, 11) is 3.07. The van der Waals surface area contributed by atoms with Crippen molar-refractivity contribution in [3.8, 4) is 11.5 Å². The second-order valence-corrected chi connectivity index (χ2v) is 8.61. The zero-order chi connectivity index (χ0) is 25.8. The van der Waals surface area contributed by atoms with Gasteiger partial charge in [-0.25, -0.2) is 4.99 Å². The van der Waals surface area contributed by atoms with Gasteiger partial charge in [-0.05, 0) is 48.7 Å². The Morgan fingerprint density at radius 2 is 1.86 bits per heavy atom. The summed E-state index contributed by atoms with van der Waals surface area (Å²) in [6, 6.07) is 14.6. The summed E-state index contributed by atoms with van der Waals surface area (Å²) in [5.41, 5.74) is 4.24. The molecule has 0 unspecified atom stereocenters. The number of carbonyl (C=O) groups is 1. The predicted octanol–water partition coefficient (Wildman–Crippen LogP) is 5.25. The molecule has 0 radical (unpaired) electrons. The first-order chi connectivity index (χ1) is 17.3. The van der Waals surface area contributed by atoms with E-state index in [-0.39, 0.29) is 17.7 Å². The summed E-state index contributed by atoms with van der Waals surface area (Å²) in [6.45, 7) is 5.79. The average molecular weight is 488 g/mol. The molecule has 4 aromatic rings. The number of pyridine rings is 1. The second kappa shape index (κ2) is 10.6. The quantitative estimate of drug-likeness (QED) is 0.369. The van der Waals surface area contributed by atoms with E-state index in [1.165, 1.54) is 12.7 Å². The molecule has 186 valence electrons. The van der Waals surface area contributed by atoms with E-state index >= 15 is 0 Å². The number of ether oxygens (including phenoxy) is 2. The number of aliphatic hydroxyl groups excluding tert-OH is 1. The van der Waals surface area contributed by atoms with Crippen LogP contribution in [0.2, 0.25) is 0 Å². The third-order valence-corrected chi connectivity index (χ3v) is 5.91. The maximum atomic E-state index is 13.5. The Bertz CT molecular complexity index is 1470. The zero-order valence-corrected chi connectivity index (χ0v) is 21.0. The number of methoxy groups -OCH3 is 2. The minimum absolute atomic E-state index is 0.129. The number of carbonyl (C=O) groups excluding carboxylic acids is 1. The number of aromatic nitrogens is 1. The Morgan fingerprint density at radius 3 is 2.50 bits per heavy atom. The van der Waals surface area contributed by atoms with E-state index in [2.05, 4.69) is 29.1 Å². The molecule has 2 aromatic heterocycles. The highest BCUT2D eigenvalue weighted by atomic mass is 16.5. The zero-order valence-electron chi connectivity index (χ0n) is 21.0. The lowest BCUT2D eigenvalue weighted by Crippen LogP contribution is -2.22. The van der Waals surface area contributed by atoms with Crippen LogP contribution in [0, 0.1) is 6.92 Å². The van der Waals surface area contributed by atoms with Crippen molar-refractivity contribution in [1.82, 2.24) is 4.98 Å². The molecule has 1 amide bonds. The molecule has 36 heavy (non-hydrogen) atoms. The molecule has 8 nitrogen and oxygen atoms in total. The van der Waals surface area contributed by atoms with Gasteiger partial charge in [-0.2, -0.15) is 0 Å². The second-order valence-electron chi connectivity index (χ2n) is 8.61. The molecule has 8 heteroatoms. The number of anilines is 1. The lowest BCUT2D eigenvalue weighted by Gasteiger charge is -2.13. The van der Waals surface area contributed by atoms with Crippen LogP contribution in [-0.4, -0.2) is 30.2 Å². The van der Waals surface area contributed by atoms with E-state index < -0.39 is 5.91 Å². The lowest BCUT2D eigenvalue weighted by molar-refractivity contribution is 0.102. The molecule has 0 saturated heterocycles. The lowest BCUT2D eigenvalue weighted by atomic mass is 10.0. The number of benzene rings is 2. The Morgan fingerprint density at radius 1 is 1.11 bits per heavy atom. The first-order valence-electron chi connectivity index (χ1n) is 11.6. The Kier molecular flexibility index (Phi) is 7.36. The molecule has 0 spiro atoms. The van der Waals surface area contributed by atoms with Crippen LogP contribution in [0.4, 0.5) is 11.4 Å². The summed E-state index contributed by atoms with van der Waals surface area (Å²) >= 11 is 0. The molecule has 0 atom stereocenters. The monoisotopic (exact) mass is 487 g/mol. The fourth-order valence-electron chi connectivity index (χ4n) is 3.80. The van der Waals surface area contributed by atoms with Gasteiger partial charge in [-0.3, -0.25) is 9.78 Å². The van der Waals surface area contributed by atoms with Crippen LogP contribution in [0.1, 0.15) is 46.9 Å². The van der Waals surface area contributed by atoms with Crippen molar-refractivity contribution in [2.24, 2.45) is 4.99 Å². The molecular formula is C28H29N3O5. The van der Waals surface area contributed by atoms with Gasteiger partial charge >= 0.3 is 0 Å². The topological polar surface area (TPSA) is 106 Å². The van der Waals surface area contributed by atoms with Crippen molar-refractivity contribution < 1.29 is 23.8 Å². The van der Waals surface area contributed by atoms with Gasteiger partial charge in [0.15, 0.2) is 5.58 Å². The molecule has 0 aliphatic rings. The number of rotatable bonds is 7. The minimum atomic E-state index is -0.444. The molecule has 2 heterocycles. The minimum Gasteiger partial charge on any atom is -0.497 e. The van der Waals surface area contributed by atoms with Crippen LogP contribution in [0.15, 0.2) is 64.1 Å². The predicted molar refractivity (Wildman–Crippen MR) is 138 cm³/mol. The van der Waals surface area contributed by atoms with Gasteiger partial charge in [0.25, 0.3) is 5.91 Å². The van der Waals surface area contributed by atoms with E-state index in [0.717, 1.165) is 0 Å². The van der Waals surface area contributed by atoms with Gasteiger partial charge in [0.2, 0.25) is 5.55 Å². The Balaban J connectivity index is 1.87. The first-order valence-corrected chi connectivity index (χ1v) is 11.6. The SMILES string of the molecule is COc1ccc(NC(=O)c2cc3c(CO)cnc(C)c3oc2=Nc2ccc(C(C)C)cc2)c(OC)c1. The highest BCUT2D eigenvalue weighted by molar-refractivity contribution is 6.06. The molecule has 2 N–H and O–H groups in total. The van der Waals surface area contributed by atoms with Crippen LogP contribution in [0.3, 0.4) is 0 Å². The number of aliphatic hydroxyl groups is 1. The van der Waals surface area contributed by atoms with Gasteiger partial charge < -0.3 is 24.3 Å². The summed E-state index contributed by atoms with van der Waals surface area (Å²) < 4.78 is 16.8. The third kappa shape index (κ3) is 5.08. The molecule has 0 bridgehead atoms. The van der Waals surface area contributed by atoms with Gasteiger partial charge in [0, 0.05) is 23.2 Å². The number of amides is 1. The van der Waals surface area contributed by atoms with Crippen molar-refractivity contribution in [3.05, 3.63) is 82.7 Å². The molecule has 0 saturated carbocycles. The Hall–Kier alpha value is -4.17. The summed E-state index contributed by atoms with van der Waals surface area (Å²) in [5.74, 6) is 0.983. The van der Waals surface area contributed by atoms with Gasteiger partial charge in [0.1, 0.15) is 17.1 Å². The largest absolute Gasteiger partial charge is 0.497 e. The summed E-state index contributed by atoms with van der Waals surface area (Å²) in [6.07, 6.45) is 1.57. The molecular weight excluding hydrogens is 458 g/mol. The van der Waals surface area contributed by atoms with Crippen molar-refractivity contribution >= 4 is 28.3 Å². The molecule has 0 aliphatic heterocycles. The fourth-order valence-corrected chi connectivity index (χ4v) is 3.80. The van der Waals surface area contributed by atoms with E-state index in [4.69, 9.17) is 13.9 Å². The summed E-state index contributed by atoms with van der Waals surface area (Å²) in [5, 5.41) is 13.3. The molecule has 2 aromatic carbocycles. The number of hydrogen-bond donors (Lipinski definition) is 2. The van der Waals surface area contributed by atoms with E-state index in [0.29, 0.717) is 51.0 Å². The maximum Gasteiger partial charge on any atom is 0.261 e. The third-order valence-electron chi connectivity index (χ3n) is 5.91. The van der Waals surface area contributed by atoms with E-state index in [1.807, 2.05) is 24.3 Å². The number of hydrogen-bond acceptors (Lipinski definition) is 7. The highest BCUT2D eigenvalue weighted by Crippen LogP contribution is 2.30. The molecule has 0 aliphatic carbocycles. The normalized spacial score (nSPS) is 11.7. The van der Waals surface area contributed by atoms with Crippen molar-refractivity contribution in [2.75, 3.05) is 19.5 Å². The molecule has 0 fully saturated rings. The standard InChI is InChI=1S/C28H29N3O5/c1-16(2)18-6-8-20(9-7-18)30-28-23(13-22-19(15-32)14-29-17(3)26(22)36-28)27(33)31-24-11-10-21(34-4)12-25(24)35-5/h6-14,16,32H,15H2,1-5H3,(H,31,33). The molecule has 4 rings (SSSR count). The van der Waals surface area contributed by atoms with E-state index in [1.54, 1.807) is 44.5 Å². The van der Waals surface area contributed by atoms with Crippen LogP contribution in [0.25, 0.3) is 11.0 Å². The van der Waals surface area contributed by atoms with Crippen molar-refractivity contribution in [3.63, 3.8) is 0 Å². The van der Waals surface area contributed by atoms with Gasteiger partial charge in [0.05, 0.1) is 37.9 Å². The van der Waals surface area contributed by atoms with Crippen LogP contribution >= 0.6 is 0 Å². The van der Waals surface area contributed by atoms with Crippen molar-refractivity contribution in [2.45, 2.75) is 33.3 Å². The first kappa shape index (κ1) is 24.9. The number of aryl methyl sites for hydroxylation is 1. The van der Waals surface area contributed by atoms with Crippen molar-refractivity contribution in [1.29, 1.82) is 0 Å². The van der Waals surface area contributed by atoms with E-state index in [9.17, 15) is 9.90 Å². The van der Waals surface area contributed by atoms with Gasteiger partial charge in [-0.1, -0.05) is 26.0 Å². The Labute approximate surface area is 209 Å².